The molecular formula is C19H19FN2O6S. The molecule has 1 fully saturated rings. The van der Waals surface area contributed by atoms with Gasteiger partial charge in [0, 0.05) is 18.8 Å². The number of hydrogen-bond acceptors (Lipinski definition) is 6. The molecule has 1 amide bonds. The molecule has 1 aliphatic heterocycles. The molecule has 0 aliphatic carbocycles. The highest BCUT2D eigenvalue weighted by atomic mass is 32.2. The minimum atomic E-state index is -3.66. The van der Waals surface area contributed by atoms with Crippen LogP contribution in [0.25, 0.3) is 0 Å². The Morgan fingerprint density at radius 1 is 1.10 bits per heavy atom. The molecular weight excluding hydrogens is 403 g/mol. The second kappa shape index (κ2) is 9.12. The van der Waals surface area contributed by atoms with Gasteiger partial charge in [0.2, 0.25) is 10.0 Å². The van der Waals surface area contributed by atoms with E-state index in [1.807, 2.05) is 0 Å². The van der Waals surface area contributed by atoms with Gasteiger partial charge in [-0.05, 0) is 42.5 Å². The number of halogens is 1. The lowest BCUT2D eigenvalue weighted by molar-refractivity contribution is -0.119. The van der Waals surface area contributed by atoms with Crippen LogP contribution in [0.15, 0.2) is 53.4 Å². The normalized spacial score (nSPS) is 14.9. The summed E-state index contributed by atoms with van der Waals surface area (Å²) in [6.07, 6.45) is 0. The first kappa shape index (κ1) is 20.9. The Morgan fingerprint density at radius 3 is 2.45 bits per heavy atom. The Kier molecular flexibility index (Phi) is 6.57. The van der Waals surface area contributed by atoms with Crippen LogP contribution in [0.3, 0.4) is 0 Å². The van der Waals surface area contributed by atoms with Crippen LogP contribution in [-0.2, 0) is 24.3 Å². The minimum absolute atomic E-state index is 0.0554. The van der Waals surface area contributed by atoms with Crippen molar-refractivity contribution in [2.75, 3.05) is 38.2 Å². The first-order valence-corrected chi connectivity index (χ1v) is 10.2. The van der Waals surface area contributed by atoms with Crippen LogP contribution in [0, 0.1) is 5.82 Å². The predicted molar refractivity (Wildman–Crippen MR) is 101 cm³/mol. The number of amides is 1. The van der Waals surface area contributed by atoms with Crippen LogP contribution in [-0.4, -0.2) is 57.5 Å². The monoisotopic (exact) mass is 422 g/mol. The fourth-order valence-electron chi connectivity index (χ4n) is 2.68. The van der Waals surface area contributed by atoms with Crippen molar-refractivity contribution >= 4 is 27.6 Å². The summed E-state index contributed by atoms with van der Waals surface area (Å²) >= 11 is 0. The molecule has 2 aromatic carbocycles. The Hall–Kier alpha value is -2.82. The number of sulfonamides is 1. The van der Waals surface area contributed by atoms with E-state index in [1.54, 1.807) is 0 Å². The molecule has 0 aromatic heterocycles. The quantitative estimate of drug-likeness (QED) is 0.710. The molecule has 1 N–H and O–H groups in total. The molecule has 0 saturated carbocycles. The van der Waals surface area contributed by atoms with Crippen molar-refractivity contribution in [3.8, 4) is 0 Å². The molecule has 0 bridgehead atoms. The summed E-state index contributed by atoms with van der Waals surface area (Å²) in [6, 6.07) is 10.6. The lowest BCUT2D eigenvalue weighted by Crippen LogP contribution is -2.40. The summed E-state index contributed by atoms with van der Waals surface area (Å²) in [6.45, 7) is 0.644. The molecule has 2 aromatic rings. The number of carbonyl (C=O) groups is 2. The number of ether oxygens (including phenoxy) is 2. The third kappa shape index (κ3) is 5.37. The van der Waals surface area contributed by atoms with E-state index in [0.717, 1.165) is 6.07 Å². The molecule has 29 heavy (non-hydrogen) atoms. The standard InChI is InChI=1S/C19H19FN2O6S/c20-15-2-1-3-16(12-15)21-18(23)13-28-19(24)14-4-6-17(7-5-14)29(25,26)22-8-10-27-11-9-22/h1-7,12H,8-11,13H2,(H,21,23). The van der Waals surface area contributed by atoms with E-state index in [2.05, 4.69) is 5.32 Å². The van der Waals surface area contributed by atoms with Gasteiger partial charge >= 0.3 is 5.97 Å². The Labute approximate surface area is 167 Å². The van der Waals surface area contributed by atoms with E-state index in [4.69, 9.17) is 9.47 Å². The first-order chi connectivity index (χ1) is 13.9. The molecule has 0 spiro atoms. The number of esters is 1. The third-order valence-electron chi connectivity index (χ3n) is 4.14. The highest BCUT2D eigenvalue weighted by Gasteiger charge is 2.26. The molecule has 0 radical (unpaired) electrons. The van der Waals surface area contributed by atoms with Crippen molar-refractivity contribution in [1.82, 2.24) is 4.31 Å². The summed E-state index contributed by atoms with van der Waals surface area (Å²) in [5.41, 5.74) is 0.341. The maximum Gasteiger partial charge on any atom is 0.338 e. The van der Waals surface area contributed by atoms with Crippen LogP contribution in [0.5, 0.6) is 0 Å². The zero-order valence-electron chi connectivity index (χ0n) is 15.3. The van der Waals surface area contributed by atoms with E-state index in [0.29, 0.717) is 13.2 Å². The Balaban J connectivity index is 1.56. The van der Waals surface area contributed by atoms with Gasteiger partial charge in [-0.2, -0.15) is 4.31 Å². The summed E-state index contributed by atoms with van der Waals surface area (Å²) in [5, 5.41) is 2.40. The van der Waals surface area contributed by atoms with Crippen molar-refractivity contribution in [3.05, 3.63) is 59.9 Å². The predicted octanol–water partition coefficient (Wildman–Crippen LogP) is 1.64. The SMILES string of the molecule is O=C(COC(=O)c1ccc(S(=O)(=O)N2CCOCC2)cc1)Nc1cccc(F)c1. The van der Waals surface area contributed by atoms with Gasteiger partial charge < -0.3 is 14.8 Å². The summed E-state index contributed by atoms with van der Waals surface area (Å²) < 4.78 is 49.6. The second-order valence-corrected chi connectivity index (χ2v) is 8.11. The van der Waals surface area contributed by atoms with Crippen LogP contribution >= 0.6 is 0 Å². The van der Waals surface area contributed by atoms with Crippen molar-refractivity contribution in [2.45, 2.75) is 4.90 Å². The molecule has 1 heterocycles. The Morgan fingerprint density at radius 2 is 1.79 bits per heavy atom. The summed E-state index contributed by atoms with van der Waals surface area (Å²) in [7, 11) is -3.66. The van der Waals surface area contributed by atoms with Crippen molar-refractivity contribution in [3.63, 3.8) is 0 Å². The smallest absolute Gasteiger partial charge is 0.338 e. The highest BCUT2D eigenvalue weighted by Crippen LogP contribution is 2.18. The molecule has 0 unspecified atom stereocenters. The van der Waals surface area contributed by atoms with Gasteiger partial charge in [0.15, 0.2) is 6.61 Å². The van der Waals surface area contributed by atoms with Gasteiger partial charge in [-0.15, -0.1) is 0 Å². The first-order valence-electron chi connectivity index (χ1n) is 8.77. The number of morpholine rings is 1. The molecule has 10 heteroatoms. The van der Waals surface area contributed by atoms with Crippen molar-refractivity contribution in [2.24, 2.45) is 0 Å². The summed E-state index contributed by atoms with van der Waals surface area (Å²) in [5.74, 6) is -1.92. The van der Waals surface area contributed by atoms with Gasteiger partial charge in [-0.3, -0.25) is 4.79 Å². The molecule has 1 saturated heterocycles. The van der Waals surface area contributed by atoms with Gasteiger partial charge in [0.05, 0.1) is 23.7 Å². The second-order valence-electron chi connectivity index (χ2n) is 6.18. The molecule has 8 nitrogen and oxygen atoms in total. The van der Waals surface area contributed by atoms with E-state index >= 15 is 0 Å². The lowest BCUT2D eigenvalue weighted by atomic mass is 10.2. The average Bonchev–Trinajstić information content (AvgIpc) is 2.73. The van der Waals surface area contributed by atoms with Gasteiger partial charge in [-0.25, -0.2) is 17.6 Å². The number of benzene rings is 2. The van der Waals surface area contributed by atoms with Crippen molar-refractivity contribution < 1.29 is 31.9 Å². The maximum absolute atomic E-state index is 13.1. The number of nitrogens with one attached hydrogen (secondary N) is 1. The van der Waals surface area contributed by atoms with E-state index in [1.165, 1.54) is 46.8 Å². The average molecular weight is 422 g/mol. The fraction of sp³-hybridized carbons (Fsp3) is 0.263. The van der Waals surface area contributed by atoms with Gasteiger partial charge in [0.25, 0.3) is 5.91 Å². The maximum atomic E-state index is 13.1. The largest absolute Gasteiger partial charge is 0.452 e. The summed E-state index contributed by atoms with van der Waals surface area (Å²) in [4.78, 5) is 23.9. The van der Waals surface area contributed by atoms with E-state index in [9.17, 15) is 22.4 Å². The zero-order chi connectivity index (χ0) is 20.9. The van der Waals surface area contributed by atoms with Crippen molar-refractivity contribution in [1.29, 1.82) is 0 Å². The lowest BCUT2D eigenvalue weighted by Gasteiger charge is -2.26. The Bertz CT molecular complexity index is 988. The van der Waals surface area contributed by atoms with Crippen LogP contribution in [0.4, 0.5) is 10.1 Å². The van der Waals surface area contributed by atoms with E-state index in [-0.39, 0.29) is 29.2 Å². The van der Waals surface area contributed by atoms with E-state index < -0.39 is 34.3 Å². The van der Waals surface area contributed by atoms with Gasteiger partial charge in [-0.1, -0.05) is 6.07 Å². The van der Waals surface area contributed by atoms with Crippen LogP contribution in [0.2, 0.25) is 0 Å². The molecule has 1 aliphatic rings. The molecule has 3 rings (SSSR count). The minimum Gasteiger partial charge on any atom is -0.452 e. The third-order valence-corrected chi connectivity index (χ3v) is 6.05. The van der Waals surface area contributed by atoms with Crippen LogP contribution < -0.4 is 5.32 Å². The molecule has 0 atom stereocenters. The number of rotatable bonds is 6. The fourth-order valence-corrected chi connectivity index (χ4v) is 4.08. The zero-order valence-corrected chi connectivity index (χ0v) is 16.2. The topological polar surface area (TPSA) is 102 Å². The number of nitrogens with zero attached hydrogens (tertiary/aromatic N) is 1. The van der Waals surface area contributed by atoms with Gasteiger partial charge in [0.1, 0.15) is 5.82 Å². The molecule has 154 valence electrons. The number of anilines is 1. The van der Waals surface area contributed by atoms with Crippen LogP contribution in [0.1, 0.15) is 10.4 Å². The number of carbonyl (C=O) groups excluding carboxylic acids is 2. The number of hydrogen-bond donors (Lipinski definition) is 1. The highest BCUT2D eigenvalue weighted by molar-refractivity contribution is 7.89.